The second-order valence-corrected chi connectivity index (χ2v) is 6.76. The Bertz CT molecular complexity index is 947. The maximum absolute atomic E-state index is 14.0. The van der Waals surface area contributed by atoms with Gasteiger partial charge in [-0.05, 0) is 48.9 Å². The summed E-state index contributed by atoms with van der Waals surface area (Å²) < 4.78 is 18.9. The number of hydrogen-bond donors (Lipinski definition) is 2. The van der Waals surface area contributed by atoms with Gasteiger partial charge in [-0.2, -0.15) is 0 Å². The molecule has 0 fully saturated rings. The number of halogens is 2. The number of rotatable bonds is 9. The van der Waals surface area contributed by atoms with Crippen LogP contribution in [0.4, 0.5) is 10.1 Å². The smallest absolute Gasteiger partial charge is 0.306 e. The molecule has 0 saturated carbocycles. The third-order valence-corrected chi connectivity index (χ3v) is 4.16. The number of ketones is 1. The van der Waals surface area contributed by atoms with Crippen molar-refractivity contribution in [2.75, 3.05) is 18.5 Å². The van der Waals surface area contributed by atoms with Gasteiger partial charge in [0.15, 0.2) is 6.61 Å². The Morgan fingerprint density at radius 2 is 1.77 bits per heavy atom. The predicted octanol–water partition coefficient (Wildman–Crippen LogP) is 3.37. The molecule has 158 valence electrons. The molecule has 0 saturated heterocycles. The van der Waals surface area contributed by atoms with Crippen molar-refractivity contribution in [2.24, 2.45) is 0 Å². The van der Waals surface area contributed by atoms with E-state index in [1.54, 1.807) is 24.3 Å². The predicted molar refractivity (Wildman–Crippen MR) is 109 cm³/mol. The number of carbonyl (C=O) groups is 4. The Balaban J connectivity index is 1.71. The molecule has 0 atom stereocenters. The fraction of sp³-hybridized carbons (Fsp3) is 0.238. The molecule has 0 aliphatic rings. The zero-order valence-corrected chi connectivity index (χ0v) is 16.9. The van der Waals surface area contributed by atoms with Gasteiger partial charge in [-0.25, -0.2) is 4.39 Å². The quantitative estimate of drug-likeness (QED) is 0.358. The molecule has 30 heavy (non-hydrogen) atoms. The lowest BCUT2D eigenvalue weighted by atomic mass is 10.1. The van der Waals surface area contributed by atoms with Gasteiger partial charge in [0.1, 0.15) is 5.82 Å². The maximum Gasteiger partial charge on any atom is 0.306 e. The van der Waals surface area contributed by atoms with Gasteiger partial charge in [-0.1, -0.05) is 11.6 Å². The first kappa shape index (κ1) is 23.0. The van der Waals surface area contributed by atoms with E-state index in [0.29, 0.717) is 17.0 Å². The summed E-state index contributed by atoms with van der Waals surface area (Å²) in [6.07, 6.45) is 0.296. The highest BCUT2D eigenvalue weighted by Crippen LogP contribution is 2.15. The van der Waals surface area contributed by atoms with Crippen LogP contribution in [-0.4, -0.2) is 36.7 Å². The second-order valence-electron chi connectivity index (χ2n) is 6.33. The fourth-order valence-electron chi connectivity index (χ4n) is 2.46. The molecule has 0 radical (unpaired) electrons. The molecule has 0 aromatic heterocycles. The lowest BCUT2D eigenvalue weighted by Crippen LogP contribution is -2.25. The number of esters is 1. The first-order chi connectivity index (χ1) is 14.3. The van der Waals surface area contributed by atoms with Gasteiger partial charge >= 0.3 is 5.97 Å². The number of hydrogen-bond acceptors (Lipinski definition) is 5. The Morgan fingerprint density at radius 3 is 2.40 bits per heavy atom. The lowest BCUT2D eigenvalue weighted by Gasteiger charge is -2.08. The molecule has 2 aromatic carbocycles. The highest BCUT2D eigenvalue weighted by Gasteiger charge is 2.15. The van der Waals surface area contributed by atoms with Crippen LogP contribution in [0.3, 0.4) is 0 Å². The van der Waals surface area contributed by atoms with Crippen LogP contribution in [0.15, 0.2) is 42.5 Å². The maximum atomic E-state index is 14.0. The average Bonchev–Trinajstić information content (AvgIpc) is 2.69. The Morgan fingerprint density at radius 1 is 1.07 bits per heavy atom. The molecule has 2 N–H and O–H groups in total. The van der Waals surface area contributed by atoms with E-state index in [4.69, 9.17) is 16.3 Å². The first-order valence-corrected chi connectivity index (χ1v) is 9.44. The standard InChI is InChI=1S/C21H20ClFN2O5/c1-13(26)25-16-8-9-17(18(23)11-16)19(27)12-30-20(28)3-2-10-24-21(29)14-4-6-15(22)7-5-14/h4-9,11H,2-3,10,12H2,1H3,(H,24,29)(H,25,26). The van der Waals surface area contributed by atoms with Gasteiger partial charge in [-0.3, -0.25) is 19.2 Å². The van der Waals surface area contributed by atoms with Crippen LogP contribution in [0.1, 0.15) is 40.5 Å². The minimum atomic E-state index is -0.827. The van der Waals surface area contributed by atoms with E-state index in [1.807, 2.05) is 0 Å². The summed E-state index contributed by atoms with van der Waals surface area (Å²) in [5.74, 6) is -2.84. The van der Waals surface area contributed by atoms with E-state index in [2.05, 4.69) is 10.6 Å². The summed E-state index contributed by atoms with van der Waals surface area (Å²) in [4.78, 5) is 46.7. The van der Waals surface area contributed by atoms with E-state index < -0.39 is 24.2 Å². The number of carbonyl (C=O) groups excluding carboxylic acids is 4. The van der Waals surface area contributed by atoms with Crippen LogP contribution in [0.5, 0.6) is 0 Å². The number of anilines is 1. The van der Waals surface area contributed by atoms with Gasteiger partial charge in [-0.15, -0.1) is 0 Å². The first-order valence-electron chi connectivity index (χ1n) is 9.06. The molecule has 0 aliphatic heterocycles. The molecular formula is C21H20ClFN2O5. The van der Waals surface area contributed by atoms with Gasteiger partial charge in [0.2, 0.25) is 11.7 Å². The summed E-state index contributed by atoms with van der Waals surface area (Å²) in [6, 6.07) is 9.96. The number of Topliss-reactive ketones (excluding diaryl/α,β-unsaturated/α-hetero) is 1. The number of amides is 2. The topological polar surface area (TPSA) is 102 Å². The highest BCUT2D eigenvalue weighted by molar-refractivity contribution is 6.30. The molecule has 9 heteroatoms. The van der Waals surface area contributed by atoms with Gasteiger partial charge < -0.3 is 15.4 Å². The van der Waals surface area contributed by atoms with Crippen LogP contribution < -0.4 is 10.6 Å². The molecule has 0 bridgehead atoms. The average molecular weight is 435 g/mol. The van der Waals surface area contributed by atoms with E-state index in [-0.39, 0.29) is 36.0 Å². The molecule has 0 unspecified atom stereocenters. The van der Waals surface area contributed by atoms with Crippen LogP contribution in [0.2, 0.25) is 5.02 Å². The minimum absolute atomic E-state index is 0.0157. The summed E-state index contributed by atoms with van der Waals surface area (Å²) in [5.41, 5.74) is 0.417. The molecule has 2 aromatic rings. The third-order valence-electron chi connectivity index (χ3n) is 3.90. The normalized spacial score (nSPS) is 10.2. The molecule has 0 spiro atoms. The fourth-order valence-corrected chi connectivity index (χ4v) is 2.58. The van der Waals surface area contributed by atoms with Crippen molar-refractivity contribution in [1.82, 2.24) is 5.32 Å². The summed E-state index contributed by atoms with van der Waals surface area (Å²) in [6.45, 7) is 0.912. The van der Waals surface area contributed by atoms with Crippen molar-refractivity contribution < 1.29 is 28.3 Å². The minimum Gasteiger partial charge on any atom is -0.457 e. The zero-order valence-electron chi connectivity index (χ0n) is 16.2. The molecular weight excluding hydrogens is 415 g/mol. The summed E-state index contributed by atoms with van der Waals surface area (Å²) >= 11 is 5.76. The molecule has 0 aliphatic carbocycles. The van der Waals surface area contributed by atoms with Crippen LogP contribution in [0, 0.1) is 5.82 Å². The molecule has 2 rings (SSSR count). The van der Waals surface area contributed by atoms with Crippen molar-refractivity contribution in [3.63, 3.8) is 0 Å². The van der Waals surface area contributed by atoms with Crippen molar-refractivity contribution in [3.05, 3.63) is 64.4 Å². The van der Waals surface area contributed by atoms with E-state index in [9.17, 15) is 23.6 Å². The van der Waals surface area contributed by atoms with Crippen molar-refractivity contribution >= 4 is 40.9 Å². The van der Waals surface area contributed by atoms with Crippen LogP contribution in [-0.2, 0) is 14.3 Å². The van der Waals surface area contributed by atoms with Gasteiger partial charge in [0.05, 0.1) is 5.56 Å². The lowest BCUT2D eigenvalue weighted by molar-refractivity contribution is -0.142. The zero-order chi connectivity index (χ0) is 22.1. The Labute approximate surface area is 177 Å². The number of benzene rings is 2. The summed E-state index contributed by atoms with van der Waals surface area (Å²) in [7, 11) is 0. The SMILES string of the molecule is CC(=O)Nc1ccc(C(=O)COC(=O)CCCNC(=O)c2ccc(Cl)cc2)c(F)c1. The molecule has 7 nitrogen and oxygen atoms in total. The molecule has 0 heterocycles. The largest absolute Gasteiger partial charge is 0.457 e. The van der Waals surface area contributed by atoms with Gasteiger partial charge in [0.25, 0.3) is 5.91 Å². The van der Waals surface area contributed by atoms with E-state index in [0.717, 1.165) is 6.07 Å². The Kier molecular flexibility index (Phi) is 8.49. The van der Waals surface area contributed by atoms with Crippen molar-refractivity contribution in [1.29, 1.82) is 0 Å². The van der Waals surface area contributed by atoms with Crippen molar-refractivity contribution in [2.45, 2.75) is 19.8 Å². The van der Waals surface area contributed by atoms with Crippen molar-refractivity contribution in [3.8, 4) is 0 Å². The Hall–Kier alpha value is -3.26. The monoisotopic (exact) mass is 434 g/mol. The van der Waals surface area contributed by atoms with E-state index in [1.165, 1.54) is 19.1 Å². The molecule has 2 amide bonds. The van der Waals surface area contributed by atoms with Gasteiger partial charge in [0, 0.05) is 36.2 Å². The third kappa shape index (κ3) is 7.29. The number of nitrogens with one attached hydrogen (secondary N) is 2. The second kappa shape index (κ2) is 11.1. The van der Waals surface area contributed by atoms with Crippen LogP contribution in [0.25, 0.3) is 0 Å². The number of ether oxygens (including phenoxy) is 1. The highest BCUT2D eigenvalue weighted by atomic mass is 35.5. The van der Waals surface area contributed by atoms with E-state index >= 15 is 0 Å². The summed E-state index contributed by atoms with van der Waals surface area (Å²) in [5, 5.41) is 5.58. The van der Waals surface area contributed by atoms with Crippen LogP contribution >= 0.6 is 11.6 Å².